The van der Waals surface area contributed by atoms with Crippen molar-refractivity contribution in [3.8, 4) is 11.5 Å². The molecule has 1 saturated heterocycles. The average Bonchev–Trinajstić information content (AvgIpc) is 3.19. The summed E-state index contributed by atoms with van der Waals surface area (Å²) in [5, 5.41) is 0. The normalized spacial score (nSPS) is 14.7. The number of rotatable bonds is 7. The third kappa shape index (κ3) is 4.52. The van der Waals surface area contributed by atoms with Gasteiger partial charge in [-0.05, 0) is 74.0 Å². The van der Waals surface area contributed by atoms with Crippen LogP contribution in [0, 0.1) is 0 Å². The highest BCUT2D eigenvalue weighted by Crippen LogP contribution is 2.24. The summed E-state index contributed by atoms with van der Waals surface area (Å²) in [6.45, 7) is 3.16. The van der Waals surface area contributed by atoms with Gasteiger partial charge in [0.15, 0.2) is 5.78 Å². The predicted molar refractivity (Wildman–Crippen MR) is 104 cm³/mol. The van der Waals surface area contributed by atoms with Crippen LogP contribution in [0.2, 0.25) is 0 Å². The Kier molecular flexibility index (Phi) is 6.08. The van der Waals surface area contributed by atoms with Crippen molar-refractivity contribution in [2.24, 2.45) is 0 Å². The smallest absolute Gasteiger partial charge is 0.185 e. The molecule has 0 radical (unpaired) electrons. The average molecular weight is 351 g/mol. The van der Waals surface area contributed by atoms with E-state index in [0.717, 1.165) is 42.3 Å². The molecule has 1 aliphatic rings. The fourth-order valence-electron chi connectivity index (χ4n) is 3.23. The van der Waals surface area contributed by atoms with Gasteiger partial charge >= 0.3 is 0 Å². The summed E-state index contributed by atoms with van der Waals surface area (Å²) in [5.41, 5.74) is 2.81. The molecule has 136 valence electrons. The van der Waals surface area contributed by atoms with Crippen molar-refractivity contribution in [3.63, 3.8) is 0 Å². The molecule has 0 spiro atoms. The van der Waals surface area contributed by atoms with Gasteiger partial charge in [0.05, 0.1) is 14.2 Å². The maximum atomic E-state index is 12.3. The van der Waals surface area contributed by atoms with Crippen LogP contribution in [0.4, 0.5) is 0 Å². The van der Waals surface area contributed by atoms with Crippen LogP contribution in [0.5, 0.6) is 11.5 Å². The van der Waals surface area contributed by atoms with Crippen LogP contribution in [0.15, 0.2) is 48.5 Å². The number of benzene rings is 2. The molecule has 0 bridgehead atoms. The molecule has 0 saturated carbocycles. The van der Waals surface area contributed by atoms with E-state index in [1.165, 1.54) is 12.8 Å². The van der Waals surface area contributed by atoms with Gasteiger partial charge < -0.3 is 9.47 Å². The summed E-state index contributed by atoms with van der Waals surface area (Å²) in [5.74, 6) is 1.62. The molecular formula is C22H25NO3. The van der Waals surface area contributed by atoms with Crippen LogP contribution in [0.3, 0.4) is 0 Å². The summed E-state index contributed by atoms with van der Waals surface area (Å²) < 4.78 is 10.6. The highest BCUT2D eigenvalue weighted by Gasteiger charge is 2.14. The Labute approximate surface area is 155 Å². The Morgan fingerprint density at radius 2 is 1.77 bits per heavy atom. The fourth-order valence-corrected chi connectivity index (χ4v) is 3.23. The minimum absolute atomic E-state index is 0.0236. The summed E-state index contributed by atoms with van der Waals surface area (Å²) in [6.07, 6.45) is 6.00. The molecule has 0 aliphatic carbocycles. The van der Waals surface area contributed by atoms with E-state index in [1.807, 2.05) is 18.2 Å². The van der Waals surface area contributed by atoms with Crippen molar-refractivity contribution < 1.29 is 14.3 Å². The van der Waals surface area contributed by atoms with Gasteiger partial charge in [-0.15, -0.1) is 0 Å². The van der Waals surface area contributed by atoms with E-state index >= 15 is 0 Å². The van der Waals surface area contributed by atoms with Crippen LogP contribution in [0.1, 0.15) is 34.3 Å². The molecule has 1 aliphatic heterocycles. The molecule has 4 heteroatoms. The van der Waals surface area contributed by atoms with Gasteiger partial charge in [-0.25, -0.2) is 0 Å². The van der Waals surface area contributed by atoms with Gasteiger partial charge in [0.25, 0.3) is 0 Å². The van der Waals surface area contributed by atoms with Crippen molar-refractivity contribution in [3.05, 3.63) is 65.2 Å². The maximum absolute atomic E-state index is 12.3. The largest absolute Gasteiger partial charge is 0.497 e. The van der Waals surface area contributed by atoms with Crippen molar-refractivity contribution in [2.75, 3.05) is 27.3 Å². The second kappa shape index (κ2) is 8.68. The summed E-state index contributed by atoms with van der Waals surface area (Å²) in [6, 6.07) is 13.2. The Morgan fingerprint density at radius 3 is 2.42 bits per heavy atom. The number of ether oxygens (including phenoxy) is 2. The number of allylic oxidation sites excluding steroid dienone is 1. The summed E-state index contributed by atoms with van der Waals surface area (Å²) >= 11 is 0. The number of nitrogens with zero attached hydrogens (tertiary/aromatic N) is 1. The molecule has 1 fully saturated rings. The number of ketones is 1. The standard InChI is InChI=1S/C22H25NO3/c1-25-20-9-7-18(8-10-20)21(24)11-5-17-6-12-22(26-2)19(15-17)16-23-13-3-4-14-23/h5-12,15H,3-4,13-14,16H2,1-2H3/b11-5+. The van der Waals surface area contributed by atoms with Gasteiger partial charge in [0.2, 0.25) is 0 Å². The van der Waals surface area contributed by atoms with Gasteiger partial charge in [-0.1, -0.05) is 12.1 Å². The summed E-state index contributed by atoms with van der Waals surface area (Å²) in [4.78, 5) is 14.8. The fraction of sp³-hybridized carbons (Fsp3) is 0.318. The first-order valence-electron chi connectivity index (χ1n) is 8.95. The summed E-state index contributed by atoms with van der Waals surface area (Å²) in [7, 11) is 3.31. The predicted octanol–water partition coefficient (Wildman–Crippen LogP) is 4.20. The van der Waals surface area contributed by atoms with E-state index in [1.54, 1.807) is 44.6 Å². The van der Waals surface area contributed by atoms with Gasteiger partial charge in [-0.2, -0.15) is 0 Å². The minimum atomic E-state index is -0.0236. The topological polar surface area (TPSA) is 38.8 Å². The highest BCUT2D eigenvalue weighted by molar-refractivity contribution is 6.06. The molecule has 1 heterocycles. The molecular weight excluding hydrogens is 326 g/mol. The molecule has 0 N–H and O–H groups in total. The number of methoxy groups -OCH3 is 2. The first-order valence-corrected chi connectivity index (χ1v) is 8.95. The van der Waals surface area contributed by atoms with E-state index in [-0.39, 0.29) is 5.78 Å². The molecule has 0 amide bonds. The Balaban J connectivity index is 1.73. The number of likely N-dealkylation sites (tertiary alicyclic amines) is 1. The molecule has 3 rings (SSSR count). The van der Waals surface area contributed by atoms with E-state index in [0.29, 0.717) is 5.56 Å². The maximum Gasteiger partial charge on any atom is 0.185 e. The van der Waals surface area contributed by atoms with E-state index in [4.69, 9.17) is 9.47 Å². The molecule has 2 aromatic carbocycles. The molecule has 0 atom stereocenters. The quantitative estimate of drug-likeness (QED) is 0.554. The lowest BCUT2D eigenvalue weighted by Crippen LogP contribution is -2.18. The number of carbonyl (C=O) groups excluding carboxylic acids is 1. The number of hydrogen-bond acceptors (Lipinski definition) is 4. The van der Waals surface area contributed by atoms with Crippen LogP contribution in [-0.2, 0) is 6.54 Å². The van der Waals surface area contributed by atoms with Gasteiger partial charge in [0.1, 0.15) is 11.5 Å². The van der Waals surface area contributed by atoms with Gasteiger partial charge in [-0.3, -0.25) is 9.69 Å². The molecule has 0 unspecified atom stereocenters. The SMILES string of the molecule is COc1ccc(C(=O)/C=C/c2ccc(OC)c(CN3CCCC3)c2)cc1. The van der Waals surface area contributed by atoms with Crippen LogP contribution in [0.25, 0.3) is 6.08 Å². The first-order chi connectivity index (χ1) is 12.7. The molecule has 26 heavy (non-hydrogen) atoms. The third-order valence-electron chi connectivity index (χ3n) is 4.70. The van der Waals surface area contributed by atoms with Crippen molar-refractivity contribution >= 4 is 11.9 Å². The lowest BCUT2D eigenvalue weighted by molar-refractivity contribution is 0.104. The highest BCUT2D eigenvalue weighted by atomic mass is 16.5. The third-order valence-corrected chi connectivity index (χ3v) is 4.70. The van der Waals surface area contributed by atoms with Gasteiger partial charge in [0, 0.05) is 17.7 Å². The second-order valence-electron chi connectivity index (χ2n) is 6.48. The first kappa shape index (κ1) is 18.2. The Hall–Kier alpha value is -2.59. The van der Waals surface area contributed by atoms with Crippen LogP contribution in [-0.4, -0.2) is 38.0 Å². The number of carbonyl (C=O) groups is 1. The van der Waals surface area contributed by atoms with E-state index in [9.17, 15) is 4.79 Å². The number of hydrogen-bond donors (Lipinski definition) is 0. The Bertz CT molecular complexity index is 774. The van der Waals surface area contributed by atoms with Crippen molar-refractivity contribution in [1.82, 2.24) is 4.90 Å². The molecule has 2 aromatic rings. The monoisotopic (exact) mass is 351 g/mol. The molecule has 0 aromatic heterocycles. The molecule has 4 nitrogen and oxygen atoms in total. The van der Waals surface area contributed by atoms with E-state index in [2.05, 4.69) is 11.0 Å². The van der Waals surface area contributed by atoms with E-state index < -0.39 is 0 Å². The zero-order valence-corrected chi connectivity index (χ0v) is 15.4. The van der Waals surface area contributed by atoms with Crippen molar-refractivity contribution in [2.45, 2.75) is 19.4 Å². The van der Waals surface area contributed by atoms with Crippen LogP contribution < -0.4 is 9.47 Å². The van der Waals surface area contributed by atoms with Crippen LogP contribution >= 0.6 is 0 Å². The Morgan fingerprint density at radius 1 is 1.04 bits per heavy atom. The minimum Gasteiger partial charge on any atom is -0.497 e. The second-order valence-corrected chi connectivity index (χ2v) is 6.48. The zero-order valence-electron chi connectivity index (χ0n) is 15.4. The zero-order chi connectivity index (χ0) is 18.4. The van der Waals surface area contributed by atoms with Crippen molar-refractivity contribution in [1.29, 1.82) is 0 Å². The lowest BCUT2D eigenvalue weighted by atomic mass is 10.1. The lowest BCUT2D eigenvalue weighted by Gasteiger charge is -2.17.